The molecule has 7 heteroatoms. The highest BCUT2D eigenvalue weighted by atomic mass is 16.3. The van der Waals surface area contributed by atoms with E-state index in [0.29, 0.717) is 5.56 Å². The van der Waals surface area contributed by atoms with Crippen molar-refractivity contribution in [2.24, 2.45) is 5.10 Å². The molecule has 2 rings (SSSR count). The average molecular weight is 204 g/mol. The molecule has 1 aromatic heterocycles. The van der Waals surface area contributed by atoms with E-state index in [-0.39, 0.29) is 11.7 Å². The fourth-order valence-corrected chi connectivity index (χ4v) is 0.985. The average Bonchev–Trinajstić information content (AvgIpc) is 2.63. The Morgan fingerprint density at radius 1 is 1.40 bits per heavy atom. The number of nitrogen functional groups attached to an aromatic ring is 1. The number of benzene rings is 1. The predicted octanol–water partition coefficient (Wildman–Crippen LogP) is -0.157. The van der Waals surface area contributed by atoms with Gasteiger partial charge >= 0.3 is 0 Å². The number of hydrogen-bond donors (Lipinski definition) is 2. The quantitative estimate of drug-likeness (QED) is 0.662. The Hall–Kier alpha value is -2.44. The molecule has 3 N–H and O–H groups in total. The lowest BCUT2D eigenvalue weighted by Crippen LogP contribution is -1.99. The third kappa shape index (κ3) is 1.90. The predicted molar refractivity (Wildman–Crippen MR) is 53.3 cm³/mol. The van der Waals surface area contributed by atoms with Gasteiger partial charge in [0.25, 0.3) is 5.95 Å². The van der Waals surface area contributed by atoms with Crippen LogP contribution in [0.3, 0.4) is 0 Å². The van der Waals surface area contributed by atoms with E-state index >= 15 is 0 Å². The summed E-state index contributed by atoms with van der Waals surface area (Å²) >= 11 is 0. The monoisotopic (exact) mass is 204 g/mol. The van der Waals surface area contributed by atoms with Crippen LogP contribution in [-0.2, 0) is 0 Å². The minimum atomic E-state index is 0.0849. The second-order valence-electron chi connectivity index (χ2n) is 2.73. The number of aromatic nitrogens is 4. The number of nitrogens with zero attached hydrogens (tertiary/aromatic N) is 5. The van der Waals surface area contributed by atoms with Crippen LogP contribution in [0.25, 0.3) is 0 Å². The molecule has 1 heterocycles. The van der Waals surface area contributed by atoms with E-state index < -0.39 is 0 Å². The van der Waals surface area contributed by atoms with Crippen molar-refractivity contribution < 1.29 is 5.11 Å². The van der Waals surface area contributed by atoms with Crippen LogP contribution >= 0.6 is 0 Å². The molecule has 0 spiro atoms. The summed E-state index contributed by atoms with van der Waals surface area (Å²) in [5.41, 5.74) is 5.96. The smallest absolute Gasteiger partial charge is 0.263 e. The van der Waals surface area contributed by atoms with E-state index in [1.807, 2.05) is 0 Å². The Morgan fingerprint density at radius 2 is 2.20 bits per heavy atom. The van der Waals surface area contributed by atoms with Crippen molar-refractivity contribution in [2.45, 2.75) is 0 Å². The Balaban J connectivity index is 2.26. The van der Waals surface area contributed by atoms with Crippen molar-refractivity contribution in [1.82, 2.24) is 20.3 Å². The number of phenolic OH excluding ortho intramolecular Hbond substituents is 1. The first-order chi connectivity index (χ1) is 7.27. The molecular formula is C8H8N6O. The van der Waals surface area contributed by atoms with Gasteiger partial charge in [0.2, 0.25) is 0 Å². The molecule has 0 aliphatic rings. The molecule has 0 amide bonds. The Morgan fingerprint density at radius 3 is 2.87 bits per heavy atom. The number of rotatable bonds is 2. The molecular weight excluding hydrogens is 196 g/mol. The highest BCUT2D eigenvalue weighted by Crippen LogP contribution is 2.12. The normalized spacial score (nSPS) is 10.9. The summed E-state index contributed by atoms with van der Waals surface area (Å²) in [5, 5.41) is 23.6. The molecule has 0 fully saturated rings. The number of anilines is 1. The standard InChI is InChI=1S/C8H8N6O/c9-8-11-12-13-14(8)10-5-6-3-1-2-4-7(6)15/h1-5,15H,(H2,9,11,13)/b10-5+. The third-order valence-corrected chi connectivity index (χ3v) is 1.72. The van der Waals surface area contributed by atoms with Crippen LogP contribution in [0, 0.1) is 0 Å². The minimum Gasteiger partial charge on any atom is -0.507 e. The van der Waals surface area contributed by atoms with Gasteiger partial charge in [0.05, 0.1) is 6.21 Å². The maximum atomic E-state index is 9.43. The Labute approximate surface area is 84.8 Å². The summed E-state index contributed by atoms with van der Waals surface area (Å²) in [7, 11) is 0. The third-order valence-electron chi connectivity index (χ3n) is 1.72. The summed E-state index contributed by atoms with van der Waals surface area (Å²) < 4.78 is 0. The van der Waals surface area contributed by atoms with E-state index in [9.17, 15) is 5.11 Å². The van der Waals surface area contributed by atoms with E-state index in [1.165, 1.54) is 6.21 Å². The van der Waals surface area contributed by atoms with E-state index in [4.69, 9.17) is 5.73 Å². The van der Waals surface area contributed by atoms with Gasteiger partial charge in [-0.15, -0.1) is 0 Å². The van der Waals surface area contributed by atoms with Crippen molar-refractivity contribution in [3.8, 4) is 5.75 Å². The lowest BCUT2D eigenvalue weighted by molar-refractivity contribution is 0.474. The molecule has 0 saturated carbocycles. The van der Waals surface area contributed by atoms with Gasteiger partial charge in [0.15, 0.2) is 0 Å². The van der Waals surface area contributed by atoms with E-state index in [0.717, 1.165) is 4.79 Å². The van der Waals surface area contributed by atoms with Crippen LogP contribution in [0.2, 0.25) is 0 Å². The van der Waals surface area contributed by atoms with Gasteiger partial charge in [-0.25, -0.2) is 0 Å². The topological polar surface area (TPSA) is 102 Å². The van der Waals surface area contributed by atoms with Crippen LogP contribution in [0.5, 0.6) is 5.75 Å². The molecule has 0 radical (unpaired) electrons. The van der Waals surface area contributed by atoms with Gasteiger partial charge in [-0.05, 0) is 22.6 Å². The Bertz CT molecular complexity index is 491. The zero-order chi connectivity index (χ0) is 10.7. The first-order valence-corrected chi connectivity index (χ1v) is 4.13. The van der Waals surface area contributed by atoms with Gasteiger partial charge in [0, 0.05) is 5.56 Å². The molecule has 2 aromatic rings. The fourth-order valence-electron chi connectivity index (χ4n) is 0.985. The zero-order valence-electron chi connectivity index (χ0n) is 7.65. The highest BCUT2D eigenvalue weighted by molar-refractivity contribution is 5.83. The number of nitrogens with two attached hydrogens (primary N) is 1. The zero-order valence-corrected chi connectivity index (χ0v) is 7.65. The highest BCUT2D eigenvalue weighted by Gasteiger charge is 1.98. The van der Waals surface area contributed by atoms with Gasteiger partial charge in [-0.2, -0.15) is 5.10 Å². The van der Waals surface area contributed by atoms with Crippen molar-refractivity contribution in [1.29, 1.82) is 0 Å². The number of aromatic hydroxyl groups is 1. The molecule has 1 aromatic carbocycles. The number of tetrazole rings is 1. The van der Waals surface area contributed by atoms with Gasteiger partial charge in [0.1, 0.15) is 5.75 Å². The number of hydrogen-bond acceptors (Lipinski definition) is 6. The summed E-state index contributed by atoms with van der Waals surface area (Å²) in [4.78, 5) is 1.06. The molecule has 76 valence electrons. The lowest BCUT2D eigenvalue weighted by atomic mass is 10.2. The molecule has 0 aliphatic carbocycles. The first kappa shape index (κ1) is 9.13. The summed E-state index contributed by atoms with van der Waals surface area (Å²) in [5.74, 6) is 0.217. The second kappa shape index (κ2) is 3.74. The van der Waals surface area contributed by atoms with Crippen molar-refractivity contribution in [2.75, 3.05) is 5.73 Å². The molecule has 0 bridgehead atoms. The summed E-state index contributed by atoms with van der Waals surface area (Å²) in [6, 6.07) is 6.77. The van der Waals surface area contributed by atoms with E-state index in [2.05, 4.69) is 20.6 Å². The molecule has 0 saturated heterocycles. The SMILES string of the molecule is Nc1nnnn1/N=C/c1ccccc1O. The molecule has 0 unspecified atom stereocenters. The van der Waals surface area contributed by atoms with Crippen molar-refractivity contribution >= 4 is 12.2 Å². The van der Waals surface area contributed by atoms with Gasteiger partial charge in [-0.1, -0.05) is 22.0 Å². The molecule has 0 atom stereocenters. The van der Waals surface area contributed by atoms with Crippen LogP contribution in [0.4, 0.5) is 5.95 Å². The van der Waals surface area contributed by atoms with Crippen molar-refractivity contribution in [3.63, 3.8) is 0 Å². The van der Waals surface area contributed by atoms with E-state index in [1.54, 1.807) is 24.3 Å². The largest absolute Gasteiger partial charge is 0.507 e. The summed E-state index contributed by atoms with van der Waals surface area (Å²) in [6.45, 7) is 0. The molecule has 7 nitrogen and oxygen atoms in total. The summed E-state index contributed by atoms with van der Waals surface area (Å²) in [6.07, 6.45) is 1.42. The van der Waals surface area contributed by atoms with Crippen LogP contribution < -0.4 is 5.73 Å². The maximum absolute atomic E-state index is 9.43. The second-order valence-corrected chi connectivity index (χ2v) is 2.73. The van der Waals surface area contributed by atoms with Crippen LogP contribution in [0.15, 0.2) is 29.4 Å². The first-order valence-electron chi connectivity index (χ1n) is 4.13. The Kier molecular flexibility index (Phi) is 2.28. The van der Waals surface area contributed by atoms with Crippen molar-refractivity contribution in [3.05, 3.63) is 29.8 Å². The van der Waals surface area contributed by atoms with Crippen LogP contribution in [-0.4, -0.2) is 31.6 Å². The van der Waals surface area contributed by atoms with Crippen LogP contribution in [0.1, 0.15) is 5.56 Å². The molecule has 0 aliphatic heterocycles. The number of phenols is 1. The minimum absolute atomic E-state index is 0.0849. The number of para-hydroxylation sites is 1. The fraction of sp³-hybridized carbons (Fsp3) is 0. The van der Waals surface area contributed by atoms with Gasteiger partial charge < -0.3 is 10.8 Å². The lowest BCUT2D eigenvalue weighted by Gasteiger charge is -1.96. The van der Waals surface area contributed by atoms with Gasteiger partial charge in [-0.3, -0.25) is 0 Å². The molecule has 15 heavy (non-hydrogen) atoms. The maximum Gasteiger partial charge on any atom is 0.263 e.